The molecule has 1 aliphatic rings. The lowest BCUT2D eigenvalue weighted by Crippen LogP contribution is -2.29. The number of nitrogens with one attached hydrogen (secondary N) is 1. The number of carbonyl (C=O) groups is 1. The number of aryl methyl sites for hydroxylation is 1. The van der Waals surface area contributed by atoms with Gasteiger partial charge in [-0.3, -0.25) is 4.79 Å². The van der Waals surface area contributed by atoms with E-state index in [9.17, 15) is 4.79 Å². The van der Waals surface area contributed by atoms with Gasteiger partial charge in [-0.2, -0.15) is 0 Å². The molecule has 1 aromatic carbocycles. The van der Waals surface area contributed by atoms with Gasteiger partial charge >= 0.3 is 0 Å². The Morgan fingerprint density at radius 3 is 2.48 bits per heavy atom. The minimum Gasteiger partial charge on any atom is -0.372 e. The third-order valence-corrected chi connectivity index (χ3v) is 4.40. The maximum Gasteiger partial charge on any atom is 0.220 e. The summed E-state index contributed by atoms with van der Waals surface area (Å²) >= 11 is 0. The van der Waals surface area contributed by atoms with E-state index in [0.29, 0.717) is 6.42 Å². The van der Waals surface area contributed by atoms with Crippen LogP contribution < -0.4 is 10.2 Å². The molecule has 1 amide bonds. The van der Waals surface area contributed by atoms with Crippen molar-refractivity contribution in [3.63, 3.8) is 0 Å². The molecule has 0 unspecified atom stereocenters. The first-order valence-corrected chi connectivity index (χ1v) is 8.90. The van der Waals surface area contributed by atoms with Crippen LogP contribution in [-0.4, -0.2) is 51.1 Å². The predicted octanol–water partition coefficient (Wildman–Crippen LogP) is 2.68. The summed E-state index contributed by atoms with van der Waals surface area (Å²) in [5.74, 6) is 0.156. The van der Waals surface area contributed by atoms with Gasteiger partial charge < -0.3 is 15.1 Å². The van der Waals surface area contributed by atoms with Crippen LogP contribution in [-0.2, 0) is 11.2 Å². The molecule has 0 bridgehead atoms. The molecule has 4 heteroatoms. The van der Waals surface area contributed by atoms with E-state index in [0.717, 1.165) is 25.9 Å². The lowest BCUT2D eigenvalue weighted by atomic mass is 10.1. The van der Waals surface area contributed by atoms with Crippen LogP contribution in [0.4, 0.5) is 5.69 Å². The standard InChI is InChI=1S/C19H31N3O/c1-21(2)14-6-13-20-19(23)12-9-17-7-10-18(11-8-17)22-15-4-3-5-16-22/h7-8,10-11H,3-6,9,12-16H2,1-2H3,(H,20,23). The van der Waals surface area contributed by atoms with Crippen LogP contribution in [0.3, 0.4) is 0 Å². The third kappa shape index (κ3) is 6.61. The molecule has 23 heavy (non-hydrogen) atoms. The number of piperidine rings is 1. The van der Waals surface area contributed by atoms with Crippen molar-refractivity contribution in [3.05, 3.63) is 29.8 Å². The number of nitrogens with zero attached hydrogens (tertiary/aromatic N) is 2. The highest BCUT2D eigenvalue weighted by molar-refractivity contribution is 5.76. The van der Waals surface area contributed by atoms with Crippen LogP contribution >= 0.6 is 0 Å². The maximum atomic E-state index is 11.8. The van der Waals surface area contributed by atoms with Gasteiger partial charge in [-0.15, -0.1) is 0 Å². The van der Waals surface area contributed by atoms with Gasteiger partial charge in [0.1, 0.15) is 0 Å². The first kappa shape index (κ1) is 17.8. The molecule has 128 valence electrons. The normalized spacial score (nSPS) is 15.0. The highest BCUT2D eigenvalue weighted by atomic mass is 16.1. The van der Waals surface area contributed by atoms with Crippen LogP contribution in [0, 0.1) is 0 Å². The zero-order chi connectivity index (χ0) is 16.5. The Balaban J connectivity index is 1.68. The number of hydrogen-bond donors (Lipinski definition) is 1. The Bertz CT molecular complexity index is 464. The highest BCUT2D eigenvalue weighted by Crippen LogP contribution is 2.20. The SMILES string of the molecule is CN(C)CCCNC(=O)CCc1ccc(N2CCCCC2)cc1. The molecule has 0 atom stereocenters. The van der Waals surface area contributed by atoms with E-state index in [4.69, 9.17) is 0 Å². The zero-order valence-electron chi connectivity index (χ0n) is 14.7. The van der Waals surface area contributed by atoms with Gasteiger partial charge in [0.2, 0.25) is 5.91 Å². The number of amides is 1. The second-order valence-electron chi connectivity index (χ2n) is 6.72. The van der Waals surface area contributed by atoms with Gasteiger partial charge in [-0.25, -0.2) is 0 Å². The molecular formula is C19H31N3O. The molecule has 2 rings (SSSR count). The van der Waals surface area contributed by atoms with Crippen molar-refractivity contribution >= 4 is 11.6 Å². The van der Waals surface area contributed by atoms with Crippen LogP contribution in [0.15, 0.2) is 24.3 Å². The number of carbonyl (C=O) groups excluding carboxylic acids is 1. The van der Waals surface area contributed by atoms with Crippen LogP contribution in [0.25, 0.3) is 0 Å². The second-order valence-corrected chi connectivity index (χ2v) is 6.72. The van der Waals surface area contributed by atoms with E-state index >= 15 is 0 Å². The number of rotatable bonds is 8. The van der Waals surface area contributed by atoms with E-state index in [2.05, 4.69) is 53.5 Å². The Morgan fingerprint density at radius 2 is 1.83 bits per heavy atom. The minimum absolute atomic E-state index is 0.156. The summed E-state index contributed by atoms with van der Waals surface area (Å²) < 4.78 is 0. The summed E-state index contributed by atoms with van der Waals surface area (Å²) in [6.07, 6.45) is 6.36. The molecule has 4 nitrogen and oxygen atoms in total. The van der Waals surface area contributed by atoms with Crippen molar-refractivity contribution in [2.24, 2.45) is 0 Å². The Labute approximate surface area is 140 Å². The largest absolute Gasteiger partial charge is 0.372 e. The monoisotopic (exact) mass is 317 g/mol. The number of benzene rings is 1. The highest BCUT2D eigenvalue weighted by Gasteiger charge is 2.10. The molecule has 1 saturated heterocycles. The van der Waals surface area contributed by atoms with Gasteiger partial charge in [0.25, 0.3) is 0 Å². The molecule has 1 N–H and O–H groups in total. The van der Waals surface area contributed by atoms with E-state index in [1.54, 1.807) is 0 Å². The van der Waals surface area contributed by atoms with Crippen LogP contribution in [0.2, 0.25) is 0 Å². The van der Waals surface area contributed by atoms with E-state index < -0.39 is 0 Å². The Hall–Kier alpha value is -1.55. The van der Waals surface area contributed by atoms with Gasteiger partial charge in [0, 0.05) is 31.7 Å². The van der Waals surface area contributed by atoms with Gasteiger partial charge in [0.15, 0.2) is 0 Å². The van der Waals surface area contributed by atoms with Crippen molar-refractivity contribution in [1.29, 1.82) is 0 Å². The molecule has 0 spiro atoms. The quantitative estimate of drug-likeness (QED) is 0.749. The Kier molecular flexibility index (Phi) is 7.40. The zero-order valence-corrected chi connectivity index (χ0v) is 14.7. The summed E-state index contributed by atoms with van der Waals surface area (Å²) in [7, 11) is 4.10. The molecule has 1 aromatic rings. The summed E-state index contributed by atoms with van der Waals surface area (Å²) in [6.45, 7) is 4.13. The summed E-state index contributed by atoms with van der Waals surface area (Å²) in [5.41, 5.74) is 2.57. The average Bonchev–Trinajstić information content (AvgIpc) is 2.58. The maximum absolute atomic E-state index is 11.8. The van der Waals surface area contributed by atoms with Crippen molar-refractivity contribution in [2.45, 2.75) is 38.5 Å². The van der Waals surface area contributed by atoms with Crippen LogP contribution in [0.1, 0.15) is 37.7 Å². The molecular weight excluding hydrogens is 286 g/mol. The molecule has 0 radical (unpaired) electrons. The molecule has 0 aromatic heterocycles. The first-order chi connectivity index (χ1) is 11.1. The lowest BCUT2D eigenvalue weighted by molar-refractivity contribution is -0.121. The fourth-order valence-corrected chi connectivity index (χ4v) is 2.99. The van der Waals surface area contributed by atoms with Gasteiger partial charge in [0.05, 0.1) is 0 Å². The van der Waals surface area contributed by atoms with E-state index in [1.165, 1.54) is 43.6 Å². The van der Waals surface area contributed by atoms with Crippen molar-refractivity contribution in [1.82, 2.24) is 10.2 Å². The lowest BCUT2D eigenvalue weighted by Gasteiger charge is -2.28. The van der Waals surface area contributed by atoms with Crippen molar-refractivity contribution in [3.8, 4) is 0 Å². The topological polar surface area (TPSA) is 35.6 Å². The van der Waals surface area contributed by atoms with Crippen molar-refractivity contribution < 1.29 is 4.79 Å². The summed E-state index contributed by atoms with van der Waals surface area (Å²) in [4.78, 5) is 16.4. The smallest absolute Gasteiger partial charge is 0.220 e. The molecule has 1 aliphatic heterocycles. The van der Waals surface area contributed by atoms with E-state index in [1.807, 2.05) is 0 Å². The second kappa shape index (κ2) is 9.56. The summed E-state index contributed by atoms with van der Waals surface area (Å²) in [6, 6.07) is 8.75. The number of hydrogen-bond acceptors (Lipinski definition) is 3. The fraction of sp³-hybridized carbons (Fsp3) is 0.632. The molecule has 0 aliphatic carbocycles. The van der Waals surface area contributed by atoms with Gasteiger partial charge in [-0.05, 0) is 70.4 Å². The predicted molar refractivity (Wildman–Crippen MR) is 97.0 cm³/mol. The fourth-order valence-electron chi connectivity index (χ4n) is 2.99. The molecule has 0 saturated carbocycles. The third-order valence-electron chi connectivity index (χ3n) is 4.40. The average molecular weight is 317 g/mol. The van der Waals surface area contributed by atoms with Crippen LogP contribution in [0.5, 0.6) is 0 Å². The Morgan fingerprint density at radius 1 is 1.13 bits per heavy atom. The van der Waals surface area contributed by atoms with Gasteiger partial charge in [-0.1, -0.05) is 12.1 Å². The molecule has 1 fully saturated rings. The van der Waals surface area contributed by atoms with E-state index in [-0.39, 0.29) is 5.91 Å². The minimum atomic E-state index is 0.156. The van der Waals surface area contributed by atoms with Crippen molar-refractivity contribution in [2.75, 3.05) is 45.2 Å². The molecule has 1 heterocycles. The summed E-state index contributed by atoms with van der Waals surface area (Å²) in [5, 5.41) is 3.00. The first-order valence-electron chi connectivity index (χ1n) is 8.90. The number of anilines is 1.